The van der Waals surface area contributed by atoms with Crippen LogP contribution in [0.3, 0.4) is 0 Å². The minimum atomic E-state index is -3.61. The molecule has 8 nitrogen and oxygen atoms in total. The summed E-state index contributed by atoms with van der Waals surface area (Å²) in [5.74, 6) is -1.06. The lowest BCUT2D eigenvalue weighted by atomic mass is 9.97. The number of primary amides is 1. The zero-order valence-electron chi connectivity index (χ0n) is 17.6. The zero-order valence-corrected chi connectivity index (χ0v) is 20.8. The normalized spacial score (nSPS) is 18.4. The van der Waals surface area contributed by atoms with E-state index in [1.54, 1.807) is 6.07 Å². The van der Waals surface area contributed by atoms with Crippen LogP contribution in [0.15, 0.2) is 16.3 Å². The van der Waals surface area contributed by atoms with Crippen molar-refractivity contribution in [3.63, 3.8) is 0 Å². The maximum Gasteiger partial charge on any atom is 0.252 e. The van der Waals surface area contributed by atoms with Gasteiger partial charge in [0.25, 0.3) is 15.9 Å². The maximum atomic E-state index is 13.0. The lowest BCUT2D eigenvalue weighted by Gasteiger charge is -2.30. The summed E-state index contributed by atoms with van der Waals surface area (Å²) in [7, 11) is -3.61. The van der Waals surface area contributed by atoms with Crippen LogP contribution < -0.4 is 11.1 Å². The highest BCUT2D eigenvalue weighted by Gasteiger charge is 2.34. The fraction of sp³-hybridized carbons (Fsp3) is 0.500. The minimum absolute atomic E-state index is 0.199. The number of hydrogen-bond donors (Lipinski definition) is 2. The van der Waals surface area contributed by atoms with Gasteiger partial charge in [-0.15, -0.1) is 22.7 Å². The van der Waals surface area contributed by atoms with Gasteiger partial charge in [-0.3, -0.25) is 14.5 Å². The van der Waals surface area contributed by atoms with E-state index in [1.165, 1.54) is 21.7 Å². The molecule has 174 valence electrons. The van der Waals surface area contributed by atoms with Crippen LogP contribution in [0.25, 0.3) is 0 Å². The quantitative estimate of drug-likeness (QED) is 0.612. The number of rotatable bonds is 6. The third-order valence-electron chi connectivity index (χ3n) is 6.03. The Morgan fingerprint density at radius 3 is 2.53 bits per heavy atom. The van der Waals surface area contributed by atoms with E-state index in [4.69, 9.17) is 17.3 Å². The minimum Gasteiger partial charge on any atom is -0.365 e. The second-order valence-electron chi connectivity index (χ2n) is 7.92. The smallest absolute Gasteiger partial charge is 0.252 e. The molecule has 4 rings (SSSR count). The van der Waals surface area contributed by atoms with Gasteiger partial charge in [-0.1, -0.05) is 18.5 Å². The molecule has 0 atom stereocenters. The summed E-state index contributed by atoms with van der Waals surface area (Å²) in [4.78, 5) is 28.4. The molecule has 2 aliphatic rings. The molecule has 0 aromatic carbocycles. The molecule has 0 aliphatic carbocycles. The summed E-state index contributed by atoms with van der Waals surface area (Å²) in [6.45, 7) is 5.13. The molecule has 1 fully saturated rings. The molecule has 32 heavy (non-hydrogen) atoms. The van der Waals surface area contributed by atoms with Gasteiger partial charge in [0.1, 0.15) is 9.21 Å². The van der Waals surface area contributed by atoms with Crippen LogP contribution in [-0.4, -0.2) is 55.6 Å². The monoisotopic (exact) mass is 516 g/mol. The van der Waals surface area contributed by atoms with Crippen molar-refractivity contribution in [1.82, 2.24) is 9.21 Å². The lowest BCUT2D eigenvalue weighted by molar-refractivity contribution is -0.120. The largest absolute Gasteiger partial charge is 0.365 e. The van der Waals surface area contributed by atoms with E-state index < -0.39 is 15.9 Å². The molecule has 1 saturated heterocycles. The molecule has 0 bridgehead atoms. The Morgan fingerprint density at radius 2 is 1.94 bits per heavy atom. The fourth-order valence-electron chi connectivity index (χ4n) is 4.21. The van der Waals surface area contributed by atoms with Crippen molar-refractivity contribution in [2.45, 2.75) is 36.9 Å². The number of anilines is 1. The van der Waals surface area contributed by atoms with Crippen molar-refractivity contribution in [1.29, 1.82) is 0 Å². The molecule has 0 radical (unpaired) electrons. The highest BCUT2D eigenvalue weighted by Crippen LogP contribution is 2.38. The van der Waals surface area contributed by atoms with Crippen LogP contribution in [0.4, 0.5) is 5.00 Å². The summed E-state index contributed by atoms with van der Waals surface area (Å²) in [5, 5.41) is 3.43. The number of likely N-dealkylation sites (N-methyl/N-ethyl adjacent to an activating group) is 1. The van der Waals surface area contributed by atoms with Crippen molar-refractivity contribution >= 4 is 61.1 Å². The van der Waals surface area contributed by atoms with E-state index in [-0.39, 0.29) is 29.1 Å². The molecule has 0 spiro atoms. The highest BCUT2D eigenvalue weighted by atomic mass is 35.5. The van der Waals surface area contributed by atoms with E-state index in [1.807, 2.05) is 0 Å². The van der Waals surface area contributed by atoms with Crippen molar-refractivity contribution in [3.05, 3.63) is 32.5 Å². The van der Waals surface area contributed by atoms with Crippen molar-refractivity contribution in [2.24, 2.45) is 11.7 Å². The molecule has 3 N–H and O–H groups in total. The number of thiophene rings is 2. The lowest BCUT2D eigenvalue weighted by Crippen LogP contribution is -2.41. The molecule has 0 saturated carbocycles. The van der Waals surface area contributed by atoms with Crippen molar-refractivity contribution < 1.29 is 18.0 Å². The van der Waals surface area contributed by atoms with Gasteiger partial charge in [0.2, 0.25) is 5.91 Å². The van der Waals surface area contributed by atoms with Crippen LogP contribution >= 0.6 is 34.3 Å². The van der Waals surface area contributed by atoms with E-state index in [0.717, 1.165) is 47.8 Å². The van der Waals surface area contributed by atoms with E-state index in [2.05, 4.69) is 17.1 Å². The number of hydrogen-bond acceptors (Lipinski definition) is 7. The second kappa shape index (κ2) is 9.40. The number of sulfonamides is 1. The Labute approximate surface area is 200 Å². The van der Waals surface area contributed by atoms with Gasteiger partial charge >= 0.3 is 0 Å². The molecule has 2 aromatic rings. The number of piperidine rings is 1. The highest BCUT2D eigenvalue weighted by molar-refractivity contribution is 7.91. The van der Waals surface area contributed by atoms with Gasteiger partial charge in [0.15, 0.2) is 0 Å². The van der Waals surface area contributed by atoms with Crippen LogP contribution in [-0.2, 0) is 27.8 Å². The molecule has 0 unspecified atom stereocenters. The molecule has 2 aromatic heterocycles. The summed E-state index contributed by atoms with van der Waals surface area (Å²) in [5.41, 5.74) is 7.01. The number of nitrogens with two attached hydrogens (primary N) is 1. The molecule has 4 heterocycles. The van der Waals surface area contributed by atoms with Crippen LogP contribution in [0.5, 0.6) is 0 Å². The van der Waals surface area contributed by atoms with Crippen LogP contribution in [0, 0.1) is 5.92 Å². The van der Waals surface area contributed by atoms with Gasteiger partial charge in [-0.05, 0) is 43.5 Å². The predicted molar refractivity (Wildman–Crippen MR) is 127 cm³/mol. The number of carbonyl (C=O) groups excluding carboxylic acids is 2. The summed E-state index contributed by atoms with van der Waals surface area (Å²) in [6.07, 6.45) is 1.55. The van der Waals surface area contributed by atoms with Crippen molar-refractivity contribution in [3.8, 4) is 0 Å². The van der Waals surface area contributed by atoms with Gasteiger partial charge in [0, 0.05) is 37.0 Å². The average molecular weight is 517 g/mol. The third-order valence-corrected chi connectivity index (χ3v) is 10.8. The Morgan fingerprint density at radius 1 is 1.22 bits per heavy atom. The van der Waals surface area contributed by atoms with Gasteiger partial charge in [-0.2, -0.15) is 4.31 Å². The Balaban J connectivity index is 1.44. The standard InChI is InChI=1S/C20H25ClN4O4S3/c1-2-24-8-7-13-14(11-24)30-20(17(13)18(22)26)23-19(27)12-5-9-25(10-6-12)32(28,29)16-4-3-15(21)31-16/h3-4,12H,2,5-11H2,1H3,(H2,22,26)(H,23,27). The van der Waals surface area contributed by atoms with Gasteiger partial charge in [-0.25, -0.2) is 8.42 Å². The number of nitrogens with one attached hydrogen (secondary N) is 1. The third kappa shape index (κ3) is 4.59. The average Bonchev–Trinajstić information content (AvgIpc) is 3.36. The maximum absolute atomic E-state index is 13.0. The predicted octanol–water partition coefficient (Wildman–Crippen LogP) is 2.98. The Hall–Kier alpha value is -1.50. The number of halogens is 1. The van der Waals surface area contributed by atoms with Crippen LogP contribution in [0.1, 0.15) is 40.6 Å². The van der Waals surface area contributed by atoms with Crippen LogP contribution in [0.2, 0.25) is 4.34 Å². The van der Waals surface area contributed by atoms with Crippen molar-refractivity contribution in [2.75, 3.05) is 31.5 Å². The first-order chi connectivity index (χ1) is 15.2. The second-order valence-corrected chi connectivity index (χ2v) is 12.9. The zero-order chi connectivity index (χ0) is 23.0. The Bertz CT molecular complexity index is 1140. The van der Waals surface area contributed by atoms with E-state index in [9.17, 15) is 18.0 Å². The summed E-state index contributed by atoms with van der Waals surface area (Å²) < 4.78 is 27.6. The van der Waals surface area contributed by atoms with Gasteiger partial charge < -0.3 is 11.1 Å². The molecule has 2 amide bonds. The first-order valence-electron chi connectivity index (χ1n) is 10.4. The van der Waals surface area contributed by atoms with Gasteiger partial charge in [0.05, 0.1) is 9.90 Å². The SMILES string of the molecule is CCN1CCc2c(sc(NC(=O)C3CCN(S(=O)(=O)c4ccc(Cl)s4)CC3)c2C(N)=O)C1. The first-order valence-corrected chi connectivity index (χ1v) is 13.9. The number of nitrogens with zero attached hydrogens (tertiary/aromatic N) is 2. The Kier molecular flexibility index (Phi) is 6.94. The molecular weight excluding hydrogens is 492 g/mol. The summed E-state index contributed by atoms with van der Waals surface area (Å²) >= 11 is 8.33. The van der Waals surface area contributed by atoms with E-state index >= 15 is 0 Å². The summed E-state index contributed by atoms with van der Waals surface area (Å²) in [6, 6.07) is 3.07. The number of carbonyl (C=O) groups is 2. The topological polar surface area (TPSA) is 113 Å². The molecule has 2 aliphatic heterocycles. The number of fused-ring (bicyclic) bond motifs is 1. The fourth-order valence-corrected chi connectivity index (χ4v) is 8.62. The number of amides is 2. The molecule has 12 heteroatoms. The van der Waals surface area contributed by atoms with E-state index in [0.29, 0.717) is 27.7 Å². The molecular formula is C20H25ClN4O4S3. The first kappa shape index (κ1) is 23.7.